The number of benzene rings is 1. The van der Waals surface area contributed by atoms with Crippen molar-refractivity contribution in [1.82, 2.24) is 4.31 Å². The molecule has 1 aromatic rings. The van der Waals surface area contributed by atoms with Gasteiger partial charge >= 0.3 is 5.97 Å². The van der Waals surface area contributed by atoms with Gasteiger partial charge in [-0.05, 0) is 25.1 Å². The van der Waals surface area contributed by atoms with E-state index in [0.717, 1.165) is 4.31 Å². The lowest BCUT2D eigenvalue weighted by atomic mass is 10.3. The molecule has 1 fully saturated rings. The monoisotopic (exact) mass is 399 g/mol. The van der Waals surface area contributed by atoms with Crippen LogP contribution in [0.4, 0.5) is 0 Å². The van der Waals surface area contributed by atoms with Crippen LogP contribution in [-0.2, 0) is 14.8 Å². The molecule has 1 aliphatic rings. The van der Waals surface area contributed by atoms with Gasteiger partial charge in [-0.25, -0.2) is 8.42 Å². The number of carboxylic acid groups (broad SMARTS) is 1. The van der Waals surface area contributed by atoms with Gasteiger partial charge in [0.2, 0.25) is 10.0 Å². The zero-order chi connectivity index (χ0) is 15.1. The summed E-state index contributed by atoms with van der Waals surface area (Å²) in [7, 11) is -3.95. The highest BCUT2D eigenvalue weighted by Crippen LogP contribution is 2.36. The molecular weight excluding hydrogens is 390 g/mol. The number of aliphatic carboxylic acids is 1. The number of carboxylic acids is 1. The van der Waals surface area contributed by atoms with Gasteiger partial charge in [0.05, 0.1) is 10.4 Å². The first-order chi connectivity index (χ1) is 9.25. The quantitative estimate of drug-likeness (QED) is 0.844. The maximum absolute atomic E-state index is 12.6. The van der Waals surface area contributed by atoms with Crippen LogP contribution in [-0.4, -0.2) is 41.0 Å². The number of sulfonamides is 1. The van der Waals surface area contributed by atoms with E-state index in [2.05, 4.69) is 15.9 Å². The molecule has 0 aromatic heterocycles. The summed E-state index contributed by atoms with van der Waals surface area (Å²) in [6, 6.07) is 3.33. The number of rotatable bonds is 3. The average Bonchev–Trinajstić information content (AvgIpc) is 2.71. The van der Waals surface area contributed by atoms with Gasteiger partial charge in [0.1, 0.15) is 10.9 Å². The smallest absolute Gasteiger partial charge is 0.322 e. The molecule has 0 radical (unpaired) electrons. The average molecular weight is 401 g/mol. The van der Waals surface area contributed by atoms with Crippen molar-refractivity contribution in [2.75, 3.05) is 5.75 Å². The fourth-order valence-electron chi connectivity index (χ4n) is 1.97. The van der Waals surface area contributed by atoms with Crippen molar-refractivity contribution in [2.24, 2.45) is 0 Å². The van der Waals surface area contributed by atoms with Crippen LogP contribution in [0.25, 0.3) is 0 Å². The predicted octanol–water partition coefficient (Wildman–Crippen LogP) is 2.64. The number of carbonyl (C=O) groups is 1. The molecule has 0 saturated carbocycles. The molecule has 1 aliphatic heterocycles. The van der Waals surface area contributed by atoms with E-state index in [1.165, 1.54) is 23.9 Å². The molecule has 9 heteroatoms. The number of thioether (sulfide) groups is 1. The van der Waals surface area contributed by atoms with Crippen LogP contribution in [0.5, 0.6) is 0 Å². The van der Waals surface area contributed by atoms with E-state index in [4.69, 9.17) is 16.7 Å². The van der Waals surface area contributed by atoms with Gasteiger partial charge in [-0.15, -0.1) is 11.8 Å². The second-order valence-corrected chi connectivity index (χ2v) is 8.68. The third-order valence-corrected chi connectivity index (χ3v) is 7.20. The van der Waals surface area contributed by atoms with Crippen LogP contribution in [0.2, 0.25) is 5.02 Å². The van der Waals surface area contributed by atoms with E-state index in [9.17, 15) is 13.2 Å². The van der Waals surface area contributed by atoms with Gasteiger partial charge in [-0.1, -0.05) is 27.5 Å². The van der Waals surface area contributed by atoms with Crippen molar-refractivity contribution in [3.8, 4) is 0 Å². The molecule has 20 heavy (non-hydrogen) atoms. The molecular formula is C11H11BrClNO4S2. The first kappa shape index (κ1) is 16.1. The van der Waals surface area contributed by atoms with E-state index >= 15 is 0 Å². The highest BCUT2D eigenvalue weighted by molar-refractivity contribution is 9.10. The fourth-order valence-corrected chi connectivity index (χ4v) is 6.28. The van der Waals surface area contributed by atoms with Crippen molar-refractivity contribution in [3.05, 3.63) is 27.7 Å². The molecule has 1 heterocycles. The Morgan fingerprint density at radius 3 is 2.75 bits per heavy atom. The number of nitrogens with zero attached hydrogens (tertiary/aromatic N) is 1. The first-order valence-electron chi connectivity index (χ1n) is 5.58. The van der Waals surface area contributed by atoms with Crippen LogP contribution in [0.15, 0.2) is 27.6 Å². The topological polar surface area (TPSA) is 74.7 Å². The summed E-state index contributed by atoms with van der Waals surface area (Å²) in [5, 5.41) is 8.78. The van der Waals surface area contributed by atoms with E-state index in [0.29, 0.717) is 4.47 Å². The maximum atomic E-state index is 12.6. The van der Waals surface area contributed by atoms with Gasteiger partial charge in [-0.2, -0.15) is 4.31 Å². The Balaban J connectivity index is 2.51. The Kier molecular flexibility index (Phi) is 4.70. The molecule has 1 aromatic carbocycles. The Morgan fingerprint density at radius 2 is 2.20 bits per heavy atom. The van der Waals surface area contributed by atoms with Gasteiger partial charge in [0.15, 0.2) is 0 Å². The molecule has 0 aliphatic carbocycles. The number of hydrogen-bond acceptors (Lipinski definition) is 4. The highest BCUT2D eigenvalue weighted by atomic mass is 79.9. The molecule has 0 amide bonds. The number of hydrogen-bond donors (Lipinski definition) is 1. The molecule has 2 atom stereocenters. The largest absolute Gasteiger partial charge is 0.480 e. The van der Waals surface area contributed by atoms with Crippen molar-refractivity contribution in [2.45, 2.75) is 23.2 Å². The molecule has 0 bridgehead atoms. The standard InChI is InChI=1S/C11H11BrClNO4S2/c1-6-14(9(5-19-6)11(15)16)20(17,18)10-3-2-7(12)4-8(10)13/h2-4,6,9H,5H2,1H3,(H,15,16). The first-order valence-corrected chi connectivity index (χ1v) is 9.24. The molecule has 1 saturated heterocycles. The SMILES string of the molecule is CC1SCC(C(=O)O)N1S(=O)(=O)c1ccc(Br)cc1Cl. The van der Waals surface area contributed by atoms with Crippen LogP contribution in [0.1, 0.15) is 6.92 Å². The molecule has 5 nitrogen and oxygen atoms in total. The van der Waals surface area contributed by atoms with E-state index < -0.39 is 27.4 Å². The molecule has 2 unspecified atom stereocenters. The van der Waals surface area contributed by atoms with Gasteiger partial charge in [0.25, 0.3) is 0 Å². The molecule has 2 rings (SSSR count). The van der Waals surface area contributed by atoms with Crippen molar-refractivity contribution >= 4 is 55.3 Å². The Hall–Kier alpha value is -0.280. The van der Waals surface area contributed by atoms with Crippen molar-refractivity contribution in [3.63, 3.8) is 0 Å². The highest BCUT2D eigenvalue weighted by Gasteiger charge is 2.45. The zero-order valence-corrected chi connectivity index (χ0v) is 14.3. The Bertz CT molecular complexity index is 652. The van der Waals surface area contributed by atoms with Gasteiger partial charge in [0, 0.05) is 10.2 Å². The minimum Gasteiger partial charge on any atom is -0.480 e. The minimum atomic E-state index is -3.95. The lowest BCUT2D eigenvalue weighted by Gasteiger charge is -2.24. The minimum absolute atomic E-state index is 0.0626. The van der Waals surface area contributed by atoms with Gasteiger partial charge < -0.3 is 5.11 Å². The normalized spacial score (nSPS) is 23.9. The van der Waals surface area contributed by atoms with E-state index in [1.54, 1.807) is 13.0 Å². The van der Waals surface area contributed by atoms with Crippen molar-refractivity contribution in [1.29, 1.82) is 0 Å². The fraction of sp³-hybridized carbons (Fsp3) is 0.364. The zero-order valence-electron chi connectivity index (χ0n) is 10.3. The van der Waals surface area contributed by atoms with Crippen LogP contribution < -0.4 is 0 Å². The summed E-state index contributed by atoms with van der Waals surface area (Å²) >= 11 is 10.5. The van der Waals surface area contributed by atoms with Crippen LogP contribution >= 0.6 is 39.3 Å². The summed E-state index contributed by atoms with van der Waals surface area (Å²) in [6.45, 7) is 1.66. The van der Waals surface area contributed by atoms with Crippen LogP contribution in [0, 0.1) is 0 Å². The van der Waals surface area contributed by atoms with E-state index in [-0.39, 0.29) is 15.7 Å². The third kappa shape index (κ3) is 2.85. The Labute approximate surface area is 134 Å². The summed E-state index contributed by atoms with van der Waals surface area (Å²) in [6.07, 6.45) is 0. The second kappa shape index (κ2) is 5.84. The van der Waals surface area contributed by atoms with Crippen molar-refractivity contribution < 1.29 is 18.3 Å². The van der Waals surface area contributed by atoms with Crippen LogP contribution in [0.3, 0.4) is 0 Å². The maximum Gasteiger partial charge on any atom is 0.322 e. The second-order valence-electron chi connectivity index (χ2n) is 4.20. The summed E-state index contributed by atoms with van der Waals surface area (Å²) in [5.41, 5.74) is 0. The summed E-state index contributed by atoms with van der Waals surface area (Å²) in [5.74, 6) is -0.928. The Morgan fingerprint density at radius 1 is 1.55 bits per heavy atom. The summed E-state index contributed by atoms with van der Waals surface area (Å²) in [4.78, 5) is 11.1. The third-order valence-electron chi connectivity index (χ3n) is 2.90. The lowest BCUT2D eigenvalue weighted by molar-refractivity contribution is -0.140. The summed E-state index contributed by atoms with van der Waals surface area (Å²) < 4.78 is 26.9. The van der Waals surface area contributed by atoms with E-state index in [1.807, 2.05) is 0 Å². The molecule has 1 N–H and O–H groups in total. The molecule has 0 spiro atoms. The van der Waals surface area contributed by atoms with Gasteiger partial charge in [-0.3, -0.25) is 4.79 Å². The predicted molar refractivity (Wildman–Crippen MR) is 81.5 cm³/mol. The number of halogens is 2. The lowest BCUT2D eigenvalue weighted by Crippen LogP contribution is -2.44. The molecule has 110 valence electrons.